The number of hydrogen-bond acceptors (Lipinski definition) is 3. The van der Waals surface area contributed by atoms with Crippen molar-refractivity contribution in [1.82, 2.24) is 0 Å². The SMILES string of the molecule is CC(C)(C)OC(=O)c1cc(F)c(C(=O)Cl)c(F)c1. The molecule has 18 heavy (non-hydrogen) atoms. The number of carbonyl (C=O) groups is 2. The van der Waals surface area contributed by atoms with Crippen molar-refractivity contribution in [1.29, 1.82) is 0 Å². The smallest absolute Gasteiger partial charge is 0.338 e. The van der Waals surface area contributed by atoms with Crippen molar-refractivity contribution in [3.05, 3.63) is 34.9 Å². The van der Waals surface area contributed by atoms with Crippen molar-refractivity contribution in [2.75, 3.05) is 0 Å². The van der Waals surface area contributed by atoms with Crippen LogP contribution in [0.1, 0.15) is 41.5 Å². The van der Waals surface area contributed by atoms with Crippen molar-refractivity contribution in [2.45, 2.75) is 26.4 Å². The van der Waals surface area contributed by atoms with Gasteiger partial charge in [0, 0.05) is 0 Å². The summed E-state index contributed by atoms with van der Waals surface area (Å²) in [7, 11) is 0. The minimum atomic E-state index is -1.26. The molecule has 0 aromatic heterocycles. The summed E-state index contributed by atoms with van der Waals surface area (Å²) in [6.45, 7) is 4.86. The number of ether oxygens (including phenoxy) is 1. The van der Waals surface area contributed by atoms with E-state index in [2.05, 4.69) is 0 Å². The van der Waals surface area contributed by atoms with Crippen molar-refractivity contribution in [3.63, 3.8) is 0 Å². The Bertz CT molecular complexity index is 484. The Morgan fingerprint density at radius 1 is 1.17 bits per heavy atom. The van der Waals surface area contributed by atoms with Crippen LogP contribution in [-0.4, -0.2) is 16.8 Å². The maximum Gasteiger partial charge on any atom is 0.338 e. The van der Waals surface area contributed by atoms with E-state index in [1.165, 1.54) is 0 Å². The quantitative estimate of drug-likeness (QED) is 0.615. The number of benzene rings is 1. The third-order valence-corrected chi connectivity index (χ3v) is 2.06. The van der Waals surface area contributed by atoms with Gasteiger partial charge in [0.1, 0.15) is 22.8 Å². The van der Waals surface area contributed by atoms with E-state index in [9.17, 15) is 18.4 Å². The largest absolute Gasteiger partial charge is 0.456 e. The molecule has 1 aromatic rings. The summed E-state index contributed by atoms with van der Waals surface area (Å²) < 4.78 is 31.7. The fourth-order valence-electron chi connectivity index (χ4n) is 1.22. The Morgan fingerprint density at radius 3 is 1.94 bits per heavy atom. The average Bonchev–Trinajstić information content (AvgIpc) is 2.12. The van der Waals surface area contributed by atoms with Gasteiger partial charge in [0.15, 0.2) is 0 Å². The number of esters is 1. The van der Waals surface area contributed by atoms with Crippen LogP contribution in [0.15, 0.2) is 12.1 Å². The molecule has 1 rings (SSSR count). The van der Waals surface area contributed by atoms with Gasteiger partial charge in [-0.25, -0.2) is 13.6 Å². The molecular weight excluding hydrogens is 266 g/mol. The van der Waals surface area contributed by atoms with Crippen LogP contribution in [-0.2, 0) is 4.74 Å². The van der Waals surface area contributed by atoms with E-state index >= 15 is 0 Å². The molecule has 0 radical (unpaired) electrons. The Balaban J connectivity index is 3.15. The van der Waals surface area contributed by atoms with Gasteiger partial charge in [-0.15, -0.1) is 0 Å². The lowest BCUT2D eigenvalue weighted by molar-refractivity contribution is 0.00682. The molecule has 0 amide bonds. The first-order valence-corrected chi connectivity index (χ1v) is 5.42. The predicted octanol–water partition coefficient (Wildman–Crippen LogP) is 3.30. The van der Waals surface area contributed by atoms with Gasteiger partial charge in [-0.3, -0.25) is 4.79 Å². The van der Waals surface area contributed by atoms with Gasteiger partial charge in [0.05, 0.1) is 5.56 Å². The van der Waals surface area contributed by atoms with Crippen LogP contribution in [0, 0.1) is 11.6 Å². The highest BCUT2D eigenvalue weighted by molar-refractivity contribution is 6.67. The van der Waals surface area contributed by atoms with Gasteiger partial charge in [-0.05, 0) is 44.5 Å². The highest BCUT2D eigenvalue weighted by Crippen LogP contribution is 2.19. The Hall–Kier alpha value is -1.49. The lowest BCUT2D eigenvalue weighted by atomic mass is 10.1. The first-order chi connectivity index (χ1) is 8.11. The van der Waals surface area contributed by atoms with Crippen molar-refractivity contribution < 1.29 is 23.1 Å². The molecule has 98 valence electrons. The van der Waals surface area contributed by atoms with Crippen LogP contribution in [0.2, 0.25) is 0 Å². The standard InChI is InChI=1S/C12H11ClF2O3/c1-12(2,3)18-11(17)6-4-7(14)9(10(13)16)8(15)5-6/h4-5H,1-3H3. The highest BCUT2D eigenvalue weighted by atomic mass is 35.5. The van der Waals surface area contributed by atoms with E-state index in [0.29, 0.717) is 12.1 Å². The number of hydrogen-bond donors (Lipinski definition) is 0. The summed E-state index contributed by atoms with van der Waals surface area (Å²) in [6, 6.07) is 1.43. The second kappa shape index (κ2) is 5.02. The topological polar surface area (TPSA) is 43.4 Å². The lowest BCUT2D eigenvalue weighted by Crippen LogP contribution is -2.24. The van der Waals surface area contributed by atoms with E-state index in [4.69, 9.17) is 16.3 Å². The minimum absolute atomic E-state index is 0.318. The molecule has 0 atom stereocenters. The number of halogens is 3. The first kappa shape index (κ1) is 14.6. The van der Waals surface area contributed by atoms with Crippen LogP contribution < -0.4 is 0 Å². The molecule has 3 nitrogen and oxygen atoms in total. The van der Waals surface area contributed by atoms with Gasteiger partial charge >= 0.3 is 5.97 Å². The first-order valence-electron chi connectivity index (χ1n) is 5.04. The second-order valence-corrected chi connectivity index (χ2v) is 4.93. The zero-order chi connectivity index (χ0) is 14.1. The molecule has 0 unspecified atom stereocenters. The molecule has 0 heterocycles. The zero-order valence-corrected chi connectivity index (χ0v) is 10.8. The van der Waals surface area contributed by atoms with Crippen molar-refractivity contribution >= 4 is 22.8 Å². The summed E-state index contributed by atoms with van der Waals surface area (Å²) in [5, 5.41) is -1.26. The molecular formula is C12H11ClF2O3. The second-order valence-electron chi connectivity index (χ2n) is 4.59. The van der Waals surface area contributed by atoms with Crippen molar-refractivity contribution in [3.8, 4) is 0 Å². The molecule has 0 aliphatic carbocycles. The summed E-state index contributed by atoms with van der Waals surface area (Å²) in [5.41, 5.74) is -1.99. The van der Waals surface area contributed by atoms with Crippen LogP contribution in [0.4, 0.5) is 8.78 Å². The van der Waals surface area contributed by atoms with E-state index < -0.39 is 34.0 Å². The lowest BCUT2D eigenvalue weighted by Gasteiger charge is -2.19. The van der Waals surface area contributed by atoms with Crippen LogP contribution in [0.5, 0.6) is 0 Å². The third-order valence-electron chi connectivity index (χ3n) is 1.87. The molecule has 0 aliphatic rings. The van der Waals surface area contributed by atoms with Gasteiger partial charge < -0.3 is 4.74 Å². The molecule has 6 heteroatoms. The summed E-state index contributed by atoms with van der Waals surface area (Å²) in [6.07, 6.45) is 0. The molecule has 0 spiro atoms. The van der Waals surface area contributed by atoms with E-state index in [0.717, 1.165) is 0 Å². The fourth-order valence-corrected chi connectivity index (χ4v) is 1.40. The molecule has 0 bridgehead atoms. The van der Waals surface area contributed by atoms with Crippen LogP contribution in [0.25, 0.3) is 0 Å². The third kappa shape index (κ3) is 3.50. The Morgan fingerprint density at radius 2 is 1.61 bits per heavy atom. The van der Waals surface area contributed by atoms with Gasteiger partial charge in [-0.1, -0.05) is 0 Å². The highest BCUT2D eigenvalue weighted by Gasteiger charge is 2.23. The van der Waals surface area contributed by atoms with Crippen molar-refractivity contribution in [2.24, 2.45) is 0 Å². The van der Waals surface area contributed by atoms with Crippen LogP contribution >= 0.6 is 11.6 Å². The van der Waals surface area contributed by atoms with E-state index in [-0.39, 0.29) is 5.56 Å². The van der Waals surface area contributed by atoms with Crippen LogP contribution in [0.3, 0.4) is 0 Å². The fraction of sp³-hybridized carbons (Fsp3) is 0.333. The minimum Gasteiger partial charge on any atom is -0.456 e. The molecule has 1 aromatic carbocycles. The Kier molecular flexibility index (Phi) is 4.06. The van der Waals surface area contributed by atoms with E-state index in [1.54, 1.807) is 20.8 Å². The maximum atomic E-state index is 13.4. The number of carbonyl (C=O) groups excluding carboxylic acids is 2. The van der Waals surface area contributed by atoms with Gasteiger partial charge in [0.2, 0.25) is 0 Å². The molecule has 0 saturated carbocycles. The number of rotatable bonds is 2. The molecule has 0 N–H and O–H groups in total. The summed E-state index contributed by atoms with van der Waals surface area (Å²) >= 11 is 5.02. The summed E-state index contributed by atoms with van der Waals surface area (Å²) in [5.74, 6) is -3.28. The Labute approximate surface area is 108 Å². The maximum absolute atomic E-state index is 13.4. The molecule has 0 saturated heterocycles. The monoisotopic (exact) mass is 276 g/mol. The zero-order valence-electron chi connectivity index (χ0n) is 10.0. The van der Waals surface area contributed by atoms with E-state index in [1.807, 2.05) is 0 Å². The average molecular weight is 277 g/mol. The van der Waals surface area contributed by atoms with Gasteiger partial charge in [0.25, 0.3) is 5.24 Å². The molecule has 0 aliphatic heterocycles. The normalized spacial score (nSPS) is 11.2. The summed E-state index contributed by atoms with van der Waals surface area (Å²) in [4.78, 5) is 22.3. The predicted molar refractivity (Wildman–Crippen MR) is 61.7 cm³/mol. The molecule has 0 fully saturated rings. The van der Waals surface area contributed by atoms with Gasteiger partial charge in [-0.2, -0.15) is 0 Å².